The van der Waals surface area contributed by atoms with Crippen molar-refractivity contribution in [3.63, 3.8) is 0 Å². The summed E-state index contributed by atoms with van der Waals surface area (Å²) in [5.74, 6) is -0.804. The molecule has 0 aromatic carbocycles. The number of phosphoric ester groups is 1. The molecule has 0 spiro atoms. The molecule has 2 unspecified atom stereocenters. The standard InChI is InChI=1S/C46H86NO8P/c1-6-8-10-12-14-16-18-20-22-23-25-27-29-31-33-35-37-39-46(49)55-44(43-54-56(50,51)53-41-40-47(3,4)5)42-52-45(48)38-36-34-32-30-28-26-24-21-19-17-15-13-11-9-7-2/h8,10,14,16,20,22,44H,6-7,9,11-13,15,17-19,21,23-43H2,1-5H3/p+1/b10-8-,16-14-,22-20-. The molecular weight excluding hydrogens is 725 g/mol. The number of ether oxygens (including phenoxy) is 2. The summed E-state index contributed by atoms with van der Waals surface area (Å²) >= 11 is 0. The van der Waals surface area contributed by atoms with Gasteiger partial charge in [-0.05, 0) is 44.9 Å². The van der Waals surface area contributed by atoms with Crippen LogP contribution in [0.1, 0.15) is 194 Å². The van der Waals surface area contributed by atoms with Gasteiger partial charge in [-0.25, -0.2) is 4.57 Å². The maximum absolute atomic E-state index is 12.7. The molecule has 0 aliphatic heterocycles. The Balaban J connectivity index is 4.34. The van der Waals surface area contributed by atoms with Crippen molar-refractivity contribution >= 4 is 19.8 Å². The van der Waals surface area contributed by atoms with E-state index >= 15 is 0 Å². The normalized spacial score (nSPS) is 13.9. The summed E-state index contributed by atoms with van der Waals surface area (Å²) in [7, 11) is 1.47. The first-order valence-electron chi connectivity index (χ1n) is 22.7. The molecule has 56 heavy (non-hydrogen) atoms. The molecule has 0 rings (SSSR count). The van der Waals surface area contributed by atoms with Gasteiger partial charge in [0.05, 0.1) is 27.7 Å². The molecule has 0 aliphatic rings. The summed E-state index contributed by atoms with van der Waals surface area (Å²) in [4.78, 5) is 35.4. The molecular formula is C46H87NO8P+. The number of nitrogens with zero attached hydrogens (tertiary/aromatic N) is 1. The quantitative estimate of drug-likeness (QED) is 0.0214. The molecule has 0 amide bonds. The Morgan fingerprint density at radius 3 is 1.52 bits per heavy atom. The summed E-state index contributed by atoms with van der Waals surface area (Å²) in [5, 5.41) is 0. The Morgan fingerprint density at radius 1 is 0.571 bits per heavy atom. The molecule has 0 bridgehead atoms. The monoisotopic (exact) mass is 813 g/mol. The first-order chi connectivity index (χ1) is 27.0. The number of carbonyl (C=O) groups excluding carboxylic acids is 2. The van der Waals surface area contributed by atoms with E-state index in [0.29, 0.717) is 17.4 Å². The van der Waals surface area contributed by atoms with Gasteiger partial charge in [0, 0.05) is 12.8 Å². The van der Waals surface area contributed by atoms with Gasteiger partial charge in [-0.3, -0.25) is 18.6 Å². The molecule has 0 saturated heterocycles. The molecule has 0 radical (unpaired) electrons. The van der Waals surface area contributed by atoms with E-state index in [1.54, 1.807) is 0 Å². The maximum Gasteiger partial charge on any atom is 0.472 e. The number of unbranched alkanes of at least 4 members (excludes halogenated alkanes) is 21. The van der Waals surface area contributed by atoms with E-state index in [4.69, 9.17) is 18.5 Å². The van der Waals surface area contributed by atoms with E-state index in [1.807, 2.05) is 21.1 Å². The molecule has 0 fully saturated rings. The van der Waals surface area contributed by atoms with Gasteiger partial charge in [-0.2, -0.15) is 0 Å². The van der Waals surface area contributed by atoms with Crippen LogP contribution in [0.2, 0.25) is 0 Å². The molecule has 2 atom stereocenters. The van der Waals surface area contributed by atoms with Crippen LogP contribution < -0.4 is 0 Å². The highest BCUT2D eigenvalue weighted by Gasteiger charge is 2.27. The van der Waals surface area contributed by atoms with Crippen LogP contribution in [0, 0.1) is 0 Å². The van der Waals surface area contributed by atoms with Crippen molar-refractivity contribution in [2.24, 2.45) is 0 Å². The molecule has 0 saturated carbocycles. The van der Waals surface area contributed by atoms with E-state index in [1.165, 1.54) is 96.3 Å². The lowest BCUT2D eigenvalue weighted by Gasteiger charge is -2.24. The number of allylic oxidation sites excluding steroid dienone is 6. The average Bonchev–Trinajstić information content (AvgIpc) is 3.15. The number of quaternary nitrogens is 1. The van der Waals surface area contributed by atoms with Crippen molar-refractivity contribution in [3.8, 4) is 0 Å². The van der Waals surface area contributed by atoms with Crippen molar-refractivity contribution < 1.29 is 42.1 Å². The van der Waals surface area contributed by atoms with Crippen molar-refractivity contribution in [1.29, 1.82) is 0 Å². The van der Waals surface area contributed by atoms with Gasteiger partial charge in [-0.15, -0.1) is 0 Å². The van der Waals surface area contributed by atoms with Gasteiger partial charge in [-0.1, -0.05) is 172 Å². The summed E-state index contributed by atoms with van der Waals surface area (Å²) in [5.41, 5.74) is 0. The zero-order valence-corrected chi connectivity index (χ0v) is 37.8. The Labute approximate surface area is 344 Å². The first kappa shape index (κ1) is 54.2. The van der Waals surface area contributed by atoms with Crippen molar-refractivity contribution in [2.45, 2.75) is 200 Å². The number of carbonyl (C=O) groups is 2. The van der Waals surface area contributed by atoms with E-state index in [0.717, 1.165) is 64.2 Å². The fourth-order valence-electron chi connectivity index (χ4n) is 6.15. The number of esters is 2. The zero-order valence-electron chi connectivity index (χ0n) is 36.9. The second kappa shape index (κ2) is 38.7. The SMILES string of the molecule is CC/C=C\C/C=C\C/C=C\CCCCCCCCCC(=O)OC(COC(=O)CCCCCCCCCCCCCCCCC)COP(=O)(O)OCC[N+](C)(C)C. The minimum absolute atomic E-state index is 0.0302. The van der Waals surface area contributed by atoms with Crippen LogP contribution in [-0.4, -0.2) is 74.9 Å². The zero-order chi connectivity index (χ0) is 41.4. The second-order valence-electron chi connectivity index (χ2n) is 16.4. The largest absolute Gasteiger partial charge is 0.472 e. The highest BCUT2D eigenvalue weighted by molar-refractivity contribution is 7.47. The second-order valence-corrected chi connectivity index (χ2v) is 17.9. The number of phosphoric acid groups is 1. The smallest absolute Gasteiger partial charge is 0.462 e. The Morgan fingerprint density at radius 2 is 1.02 bits per heavy atom. The third kappa shape index (κ3) is 41.9. The van der Waals surface area contributed by atoms with Gasteiger partial charge < -0.3 is 18.9 Å². The Kier molecular flexibility index (Phi) is 37.5. The van der Waals surface area contributed by atoms with Gasteiger partial charge in [0.25, 0.3) is 0 Å². The molecule has 10 heteroatoms. The van der Waals surface area contributed by atoms with Gasteiger partial charge in [0.2, 0.25) is 0 Å². The lowest BCUT2D eigenvalue weighted by atomic mass is 10.0. The first-order valence-corrected chi connectivity index (χ1v) is 24.2. The summed E-state index contributed by atoms with van der Waals surface area (Å²) in [6, 6.07) is 0. The molecule has 1 N–H and O–H groups in total. The van der Waals surface area contributed by atoms with Crippen LogP contribution in [-0.2, 0) is 32.7 Å². The lowest BCUT2D eigenvalue weighted by Crippen LogP contribution is -2.37. The minimum Gasteiger partial charge on any atom is -0.462 e. The summed E-state index contributed by atoms with van der Waals surface area (Å²) in [6.07, 6.45) is 43.3. The van der Waals surface area contributed by atoms with Crippen molar-refractivity contribution in [3.05, 3.63) is 36.5 Å². The number of hydrogen-bond acceptors (Lipinski definition) is 7. The van der Waals surface area contributed by atoms with Gasteiger partial charge in [0.15, 0.2) is 6.10 Å². The highest BCUT2D eigenvalue weighted by atomic mass is 31.2. The van der Waals surface area contributed by atoms with Gasteiger partial charge >= 0.3 is 19.8 Å². The maximum atomic E-state index is 12.7. The number of hydrogen-bond donors (Lipinski definition) is 1. The highest BCUT2D eigenvalue weighted by Crippen LogP contribution is 2.43. The third-order valence-electron chi connectivity index (χ3n) is 9.68. The van der Waals surface area contributed by atoms with Crippen LogP contribution in [0.25, 0.3) is 0 Å². The molecule has 0 aromatic heterocycles. The fourth-order valence-corrected chi connectivity index (χ4v) is 6.89. The predicted octanol–water partition coefficient (Wildman–Crippen LogP) is 12.9. The van der Waals surface area contributed by atoms with Crippen LogP contribution >= 0.6 is 7.82 Å². The Bertz CT molecular complexity index is 1050. The van der Waals surface area contributed by atoms with Crippen molar-refractivity contribution in [1.82, 2.24) is 0 Å². The van der Waals surface area contributed by atoms with E-state index in [-0.39, 0.29) is 32.0 Å². The van der Waals surface area contributed by atoms with Gasteiger partial charge in [0.1, 0.15) is 19.8 Å². The topological polar surface area (TPSA) is 108 Å². The third-order valence-corrected chi connectivity index (χ3v) is 10.7. The van der Waals surface area contributed by atoms with E-state index in [9.17, 15) is 19.0 Å². The number of rotatable bonds is 41. The predicted molar refractivity (Wildman–Crippen MR) is 234 cm³/mol. The Hall–Kier alpha value is -1.77. The van der Waals surface area contributed by atoms with E-state index < -0.39 is 26.5 Å². The van der Waals surface area contributed by atoms with Crippen molar-refractivity contribution in [2.75, 3.05) is 47.5 Å². The van der Waals surface area contributed by atoms with Crippen LogP contribution in [0.5, 0.6) is 0 Å². The summed E-state index contributed by atoms with van der Waals surface area (Å²) < 4.78 is 34.3. The van der Waals surface area contributed by atoms with E-state index in [2.05, 4.69) is 50.3 Å². The van der Waals surface area contributed by atoms with Crippen LogP contribution in [0.15, 0.2) is 36.5 Å². The average molecular weight is 813 g/mol. The molecule has 328 valence electrons. The molecule has 0 aliphatic carbocycles. The lowest BCUT2D eigenvalue weighted by molar-refractivity contribution is -0.870. The minimum atomic E-state index is -4.38. The number of likely N-dealkylation sites (N-methyl/N-ethyl adjacent to an activating group) is 1. The molecule has 0 heterocycles. The van der Waals surface area contributed by atoms with Crippen LogP contribution in [0.3, 0.4) is 0 Å². The van der Waals surface area contributed by atoms with Crippen LogP contribution in [0.4, 0.5) is 0 Å². The fraction of sp³-hybridized carbons (Fsp3) is 0.826. The molecule has 0 aromatic rings. The molecule has 9 nitrogen and oxygen atoms in total. The summed E-state index contributed by atoms with van der Waals surface area (Å²) in [6.45, 7) is 4.31.